The summed E-state index contributed by atoms with van der Waals surface area (Å²) in [6.45, 7) is 3.91. The maximum absolute atomic E-state index is 12.5. The van der Waals surface area contributed by atoms with E-state index in [4.69, 9.17) is 9.47 Å². The van der Waals surface area contributed by atoms with Crippen LogP contribution in [0.1, 0.15) is 55.4 Å². The first-order valence-corrected chi connectivity index (χ1v) is 10.4. The number of rotatable bonds is 7. The fourth-order valence-corrected chi connectivity index (χ4v) is 3.99. The molecule has 0 bridgehead atoms. The van der Waals surface area contributed by atoms with E-state index in [2.05, 4.69) is 20.1 Å². The Labute approximate surface area is 177 Å². The normalized spacial score (nSPS) is 13.2. The first kappa shape index (κ1) is 20.1. The standard InChI is InChI=1S/C21H22N4O4S/c1-12-10-17(13(2)25(12)15-6-7-15)21(27)29-11-18-23-24-20(30-18)19(26)22-14-4-8-16(28-3)9-5-14/h4-5,8-10,15H,6-7,11H2,1-3H3,(H,22,26). The van der Waals surface area contributed by atoms with Gasteiger partial charge in [0.25, 0.3) is 5.91 Å². The molecule has 1 amide bonds. The highest BCUT2D eigenvalue weighted by Crippen LogP contribution is 2.38. The molecule has 0 spiro atoms. The first-order valence-electron chi connectivity index (χ1n) is 9.59. The molecule has 4 rings (SSSR count). The minimum Gasteiger partial charge on any atom is -0.497 e. The number of nitrogens with one attached hydrogen (secondary N) is 1. The molecule has 1 N–H and O–H groups in total. The maximum Gasteiger partial charge on any atom is 0.340 e. The summed E-state index contributed by atoms with van der Waals surface area (Å²) in [6, 6.07) is 9.34. The number of nitrogens with zero attached hydrogens (tertiary/aromatic N) is 3. The number of aryl methyl sites for hydroxylation is 1. The molecule has 0 atom stereocenters. The van der Waals surface area contributed by atoms with Gasteiger partial charge in [-0.05, 0) is 57.0 Å². The number of esters is 1. The van der Waals surface area contributed by atoms with Crippen molar-refractivity contribution < 1.29 is 19.1 Å². The second-order valence-corrected chi connectivity index (χ2v) is 8.21. The summed E-state index contributed by atoms with van der Waals surface area (Å²) < 4.78 is 12.7. The van der Waals surface area contributed by atoms with E-state index in [9.17, 15) is 9.59 Å². The van der Waals surface area contributed by atoms with Crippen LogP contribution in [0.25, 0.3) is 0 Å². The van der Waals surface area contributed by atoms with Gasteiger partial charge in [-0.25, -0.2) is 4.79 Å². The van der Waals surface area contributed by atoms with Gasteiger partial charge >= 0.3 is 5.97 Å². The highest BCUT2D eigenvalue weighted by molar-refractivity contribution is 7.13. The Morgan fingerprint density at radius 2 is 1.93 bits per heavy atom. The zero-order valence-electron chi connectivity index (χ0n) is 17.0. The molecule has 30 heavy (non-hydrogen) atoms. The summed E-state index contributed by atoms with van der Waals surface area (Å²) in [5.74, 6) is -0.0661. The lowest BCUT2D eigenvalue weighted by atomic mass is 10.2. The number of carbonyl (C=O) groups is 2. The summed E-state index contributed by atoms with van der Waals surface area (Å²) in [5, 5.41) is 11.3. The van der Waals surface area contributed by atoms with Crippen molar-refractivity contribution in [1.29, 1.82) is 0 Å². The van der Waals surface area contributed by atoms with E-state index in [0.29, 0.717) is 28.0 Å². The van der Waals surface area contributed by atoms with Crippen LogP contribution in [0.5, 0.6) is 5.75 Å². The summed E-state index contributed by atoms with van der Waals surface area (Å²) in [7, 11) is 1.58. The molecular weight excluding hydrogens is 404 g/mol. The smallest absolute Gasteiger partial charge is 0.340 e. The Morgan fingerprint density at radius 1 is 1.20 bits per heavy atom. The number of methoxy groups -OCH3 is 1. The Kier molecular flexibility index (Phi) is 5.54. The second kappa shape index (κ2) is 8.27. The molecule has 1 aliphatic rings. The predicted octanol–water partition coefficient (Wildman–Crippen LogP) is 3.91. The van der Waals surface area contributed by atoms with Crippen molar-refractivity contribution >= 4 is 28.9 Å². The zero-order valence-corrected chi connectivity index (χ0v) is 17.8. The van der Waals surface area contributed by atoms with Crippen molar-refractivity contribution in [3.8, 4) is 5.75 Å². The van der Waals surface area contributed by atoms with Crippen LogP contribution in [-0.4, -0.2) is 33.8 Å². The number of hydrogen-bond donors (Lipinski definition) is 1. The third-order valence-electron chi connectivity index (χ3n) is 4.95. The molecule has 1 aliphatic carbocycles. The number of aromatic nitrogens is 3. The van der Waals surface area contributed by atoms with E-state index in [1.807, 2.05) is 19.9 Å². The van der Waals surface area contributed by atoms with Gasteiger partial charge in [-0.3, -0.25) is 4.79 Å². The molecule has 2 aromatic heterocycles. The second-order valence-electron chi connectivity index (χ2n) is 7.15. The monoisotopic (exact) mass is 426 g/mol. The number of anilines is 1. The summed E-state index contributed by atoms with van der Waals surface area (Å²) in [6.07, 6.45) is 2.30. The van der Waals surface area contributed by atoms with Gasteiger partial charge in [-0.15, -0.1) is 10.2 Å². The molecule has 1 saturated carbocycles. The van der Waals surface area contributed by atoms with Gasteiger partial charge in [0.2, 0.25) is 5.01 Å². The summed E-state index contributed by atoms with van der Waals surface area (Å²) in [4.78, 5) is 24.9. The Balaban J connectivity index is 1.35. The highest BCUT2D eigenvalue weighted by Gasteiger charge is 2.28. The minimum absolute atomic E-state index is 0.0284. The van der Waals surface area contributed by atoms with Crippen LogP contribution < -0.4 is 10.1 Å². The van der Waals surface area contributed by atoms with Gasteiger partial charge in [-0.2, -0.15) is 0 Å². The van der Waals surface area contributed by atoms with Gasteiger partial charge in [0.1, 0.15) is 12.4 Å². The topological polar surface area (TPSA) is 95.3 Å². The molecule has 156 valence electrons. The molecule has 2 heterocycles. The van der Waals surface area contributed by atoms with Crippen molar-refractivity contribution in [1.82, 2.24) is 14.8 Å². The lowest BCUT2D eigenvalue weighted by molar-refractivity contribution is 0.0470. The average molecular weight is 426 g/mol. The van der Waals surface area contributed by atoms with Crippen LogP contribution in [0.2, 0.25) is 0 Å². The largest absolute Gasteiger partial charge is 0.497 e. The Morgan fingerprint density at radius 3 is 2.60 bits per heavy atom. The molecule has 0 aliphatic heterocycles. The SMILES string of the molecule is COc1ccc(NC(=O)c2nnc(COC(=O)c3cc(C)n(C4CC4)c3C)s2)cc1. The highest BCUT2D eigenvalue weighted by atomic mass is 32.1. The van der Waals surface area contributed by atoms with Gasteiger partial charge < -0.3 is 19.4 Å². The zero-order chi connectivity index (χ0) is 21.3. The number of hydrogen-bond acceptors (Lipinski definition) is 7. The van der Waals surface area contributed by atoms with Crippen LogP contribution in [0.4, 0.5) is 5.69 Å². The van der Waals surface area contributed by atoms with Crippen molar-refractivity contribution in [2.75, 3.05) is 12.4 Å². The van der Waals surface area contributed by atoms with Crippen LogP contribution in [-0.2, 0) is 11.3 Å². The molecule has 8 nitrogen and oxygen atoms in total. The van der Waals surface area contributed by atoms with Crippen LogP contribution in [0.15, 0.2) is 30.3 Å². The number of benzene rings is 1. The third kappa shape index (κ3) is 4.20. The van der Waals surface area contributed by atoms with Crippen molar-refractivity contribution in [3.63, 3.8) is 0 Å². The summed E-state index contributed by atoms with van der Waals surface area (Å²) in [5.41, 5.74) is 3.18. The van der Waals surface area contributed by atoms with E-state index in [1.54, 1.807) is 31.4 Å². The van der Waals surface area contributed by atoms with Gasteiger partial charge in [0.15, 0.2) is 5.01 Å². The molecule has 9 heteroatoms. The molecule has 1 fully saturated rings. The van der Waals surface area contributed by atoms with Crippen molar-refractivity contribution in [2.45, 2.75) is 39.3 Å². The lowest BCUT2D eigenvalue weighted by Crippen LogP contribution is -2.11. The molecule has 0 unspecified atom stereocenters. The van der Waals surface area contributed by atoms with E-state index in [1.165, 1.54) is 0 Å². The van der Waals surface area contributed by atoms with Crippen molar-refractivity contribution in [3.05, 3.63) is 57.3 Å². The van der Waals surface area contributed by atoms with Crippen molar-refractivity contribution in [2.24, 2.45) is 0 Å². The van der Waals surface area contributed by atoms with E-state index >= 15 is 0 Å². The quantitative estimate of drug-likeness (QED) is 0.576. The van der Waals surface area contributed by atoms with Gasteiger partial charge in [0, 0.05) is 23.1 Å². The molecule has 1 aromatic carbocycles. The molecule has 3 aromatic rings. The van der Waals surface area contributed by atoms with Crippen LogP contribution >= 0.6 is 11.3 Å². The Hall–Kier alpha value is -3.20. The van der Waals surface area contributed by atoms with E-state index in [0.717, 1.165) is 35.6 Å². The van der Waals surface area contributed by atoms with Crippen LogP contribution in [0.3, 0.4) is 0 Å². The van der Waals surface area contributed by atoms with Crippen LogP contribution in [0, 0.1) is 13.8 Å². The van der Waals surface area contributed by atoms with Gasteiger partial charge in [0.05, 0.1) is 12.7 Å². The number of carbonyl (C=O) groups excluding carboxylic acids is 2. The first-order chi connectivity index (χ1) is 14.5. The molecule has 0 radical (unpaired) electrons. The maximum atomic E-state index is 12.5. The fourth-order valence-electron chi connectivity index (χ4n) is 3.35. The molecule has 0 saturated heterocycles. The fraction of sp³-hybridized carbons (Fsp3) is 0.333. The minimum atomic E-state index is -0.394. The average Bonchev–Trinajstić information content (AvgIpc) is 3.37. The van der Waals surface area contributed by atoms with Gasteiger partial charge in [-0.1, -0.05) is 11.3 Å². The lowest BCUT2D eigenvalue weighted by Gasteiger charge is -2.07. The number of amides is 1. The molecular formula is C21H22N4O4S. The number of ether oxygens (including phenoxy) is 2. The van der Waals surface area contributed by atoms with E-state index in [-0.39, 0.29) is 17.5 Å². The third-order valence-corrected chi connectivity index (χ3v) is 5.85. The van der Waals surface area contributed by atoms with E-state index < -0.39 is 5.97 Å². The Bertz CT molecular complexity index is 1080. The summed E-state index contributed by atoms with van der Waals surface area (Å²) >= 11 is 1.09. The predicted molar refractivity (Wildman–Crippen MR) is 112 cm³/mol.